The fourth-order valence-electron chi connectivity index (χ4n) is 5.83. The average Bonchev–Trinajstić information content (AvgIpc) is 3.19. The molecule has 5 unspecified atom stereocenters. The van der Waals surface area contributed by atoms with E-state index in [0.717, 1.165) is 50.1 Å². The van der Waals surface area contributed by atoms with Gasteiger partial charge >= 0.3 is 6.09 Å². The number of likely N-dealkylation sites (tertiary alicyclic amines) is 1. The van der Waals surface area contributed by atoms with Crippen molar-refractivity contribution >= 4 is 6.09 Å². The van der Waals surface area contributed by atoms with Gasteiger partial charge in [0, 0.05) is 19.0 Å². The van der Waals surface area contributed by atoms with Crippen molar-refractivity contribution in [2.45, 2.75) is 57.0 Å². The second-order valence-corrected chi connectivity index (χ2v) is 7.64. The van der Waals surface area contributed by atoms with E-state index in [2.05, 4.69) is 6.58 Å². The quantitative estimate of drug-likeness (QED) is 0.719. The third-order valence-corrected chi connectivity index (χ3v) is 6.75. The molecule has 3 saturated carbocycles. The maximum Gasteiger partial charge on any atom is 0.410 e. The maximum absolute atomic E-state index is 12.5. The molecule has 3 heteroatoms. The molecule has 21 heavy (non-hydrogen) atoms. The lowest BCUT2D eigenvalue weighted by Gasteiger charge is -2.41. The summed E-state index contributed by atoms with van der Waals surface area (Å²) in [5, 5.41) is 0. The monoisotopic (exact) mass is 289 g/mol. The Hall–Kier alpha value is -0.990. The molecule has 1 saturated heterocycles. The summed E-state index contributed by atoms with van der Waals surface area (Å²) in [5.74, 6) is 3.02. The summed E-state index contributed by atoms with van der Waals surface area (Å²) in [6.07, 6.45) is 11.8. The number of piperidine rings is 1. The number of nitrogens with zero attached hydrogens (tertiary/aromatic N) is 1. The van der Waals surface area contributed by atoms with E-state index in [1.165, 1.54) is 32.1 Å². The first-order valence-electron chi connectivity index (χ1n) is 8.85. The fraction of sp³-hybridized carbons (Fsp3) is 0.833. The minimum Gasteiger partial charge on any atom is -0.438 e. The molecule has 0 aromatic rings. The van der Waals surface area contributed by atoms with E-state index in [1.807, 2.05) is 11.0 Å². The van der Waals surface area contributed by atoms with Crippen LogP contribution in [0.25, 0.3) is 0 Å². The summed E-state index contributed by atoms with van der Waals surface area (Å²) in [7, 11) is 0. The smallest absolute Gasteiger partial charge is 0.410 e. The number of hydrogen-bond donors (Lipinski definition) is 0. The zero-order chi connectivity index (χ0) is 14.4. The minimum atomic E-state index is -0.356. The van der Waals surface area contributed by atoms with Gasteiger partial charge in [-0.05, 0) is 68.8 Å². The molecular weight excluding hydrogens is 262 g/mol. The molecule has 1 heterocycles. The number of carbonyl (C=O) groups is 1. The van der Waals surface area contributed by atoms with Crippen LogP contribution in [0.3, 0.4) is 0 Å². The van der Waals surface area contributed by atoms with Gasteiger partial charge in [0.1, 0.15) is 5.60 Å². The van der Waals surface area contributed by atoms with Crippen molar-refractivity contribution in [1.29, 1.82) is 0 Å². The van der Waals surface area contributed by atoms with Gasteiger partial charge in [0.05, 0.1) is 0 Å². The van der Waals surface area contributed by atoms with Crippen LogP contribution in [0, 0.1) is 23.7 Å². The summed E-state index contributed by atoms with van der Waals surface area (Å²) < 4.78 is 6.10. The van der Waals surface area contributed by atoms with Crippen molar-refractivity contribution in [3.05, 3.63) is 12.7 Å². The van der Waals surface area contributed by atoms with Crippen LogP contribution in [0.4, 0.5) is 4.79 Å². The van der Waals surface area contributed by atoms with Gasteiger partial charge in [0.25, 0.3) is 0 Å². The first kappa shape index (κ1) is 13.7. The molecule has 3 aliphatic carbocycles. The maximum atomic E-state index is 12.5. The van der Waals surface area contributed by atoms with E-state index in [-0.39, 0.29) is 11.7 Å². The van der Waals surface area contributed by atoms with Crippen LogP contribution in [0.1, 0.15) is 51.4 Å². The van der Waals surface area contributed by atoms with Crippen LogP contribution in [-0.2, 0) is 4.74 Å². The second kappa shape index (κ2) is 5.03. The molecule has 4 aliphatic rings. The van der Waals surface area contributed by atoms with Crippen LogP contribution < -0.4 is 0 Å². The van der Waals surface area contributed by atoms with Gasteiger partial charge in [-0.2, -0.15) is 0 Å². The Morgan fingerprint density at radius 3 is 2.67 bits per heavy atom. The molecule has 1 aliphatic heterocycles. The molecule has 4 fully saturated rings. The molecule has 1 amide bonds. The first-order valence-corrected chi connectivity index (χ1v) is 8.85. The van der Waals surface area contributed by atoms with E-state index in [0.29, 0.717) is 5.92 Å². The molecule has 0 N–H and O–H groups in total. The SMILES string of the molecule is C=CC1(OC(=O)N2CCCCC2)CC2CC1C1CCCC21. The van der Waals surface area contributed by atoms with Gasteiger partial charge in [0.2, 0.25) is 0 Å². The van der Waals surface area contributed by atoms with E-state index < -0.39 is 0 Å². The summed E-state index contributed by atoms with van der Waals surface area (Å²) in [6.45, 7) is 5.78. The fourth-order valence-corrected chi connectivity index (χ4v) is 5.83. The number of carbonyl (C=O) groups excluding carboxylic acids is 1. The van der Waals surface area contributed by atoms with Crippen LogP contribution in [0.2, 0.25) is 0 Å². The Kier molecular flexibility index (Phi) is 3.27. The van der Waals surface area contributed by atoms with Gasteiger partial charge < -0.3 is 9.64 Å². The zero-order valence-electron chi connectivity index (χ0n) is 12.9. The summed E-state index contributed by atoms with van der Waals surface area (Å²) >= 11 is 0. The summed E-state index contributed by atoms with van der Waals surface area (Å²) in [5.41, 5.74) is -0.356. The van der Waals surface area contributed by atoms with Gasteiger partial charge in [0.15, 0.2) is 0 Å². The van der Waals surface area contributed by atoms with Crippen molar-refractivity contribution in [2.24, 2.45) is 23.7 Å². The van der Waals surface area contributed by atoms with Crippen molar-refractivity contribution in [3.8, 4) is 0 Å². The van der Waals surface area contributed by atoms with E-state index in [4.69, 9.17) is 4.74 Å². The molecule has 0 aromatic carbocycles. The van der Waals surface area contributed by atoms with Gasteiger partial charge in [-0.1, -0.05) is 13.0 Å². The van der Waals surface area contributed by atoms with E-state index in [9.17, 15) is 4.79 Å². The lowest BCUT2D eigenvalue weighted by Crippen LogP contribution is -2.47. The lowest BCUT2D eigenvalue weighted by atomic mass is 9.73. The Labute approximate surface area is 127 Å². The standard InChI is InChI=1S/C18H27NO2/c1-2-18(21-17(20)19-9-4-3-5-10-19)12-13-11-16(18)15-8-6-7-14(13)15/h2,13-16H,1,3-12H2. The zero-order valence-corrected chi connectivity index (χ0v) is 12.9. The number of rotatable bonds is 2. The van der Waals surface area contributed by atoms with Crippen LogP contribution in [0.15, 0.2) is 12.7 Å². The second-order valence-electron chi connectivity index (χ2n) is 7.64. The molecule has 116 valence electrons. The molecule has 4 rings (SSSR count). The normalized spacial score (nSPS) is 44.7. The molecule has 2 bridgehead atoms. The lowest BCUT2D eigenvalue weighted by molar-refractivity contribution is -0.0378. The highest BCUT2D eigenvalue weighted by atomic mass is 16.6. The number of ether oxygens (including phenoxy) is 1. The van der Waals surface area contributed by atoms with Crippen molar-refractivity contribution in [1.82, 2.24) is 4.90 Å². The molecule has 5 atom stereocenters. The summed E-state index contributed by atoms with van der Waals surface area (Å²) in [4.78, 5) is 14.5. The van der Waals surface area contributed by atoms with Crippen molar-refractivity contribution < 1.29 is 9.53 Å². The Balaban J connectivity index is 1.50. The Morgan fingerprint density at radius 2 is 1.90 bits per heavy atom. The molecule has 0 radical (unpaired) electrons. The van der Waals surface area contributed by atoms with E-state index >= 15 is 0 Å². The molecule has 3 nitrogen and oxygen atoms in total. The Bertz CT molecular complexity index is 442. The van der Waals surface area contributed by atoms with Crippen molar-refractivity contribution in [3.63, 3.8) is 0 Å². The minimum absolute atomic E-state index is 0.0864. The van der Waals surface area contributed by atoms with Gasteiger partial charge in [-0.15, -0.1) is 0 Å². The van der Waals surface area contributed by atoms with Crippen LogP contribution in [0.5, 0.6) is 0 Å². The van der Waals surface area contributed by atoms with E-state index in [1.54, 1.807) is 0 Å². The predicted molar refractivity (Wildman–Crippen MR) is 81.9 cm³/mol. The Morgan fingerprint density at radius 1 is 1.14 bits per heavy atom. The average molecular weight is 289 g/mol. The van der Waals surface area contributed by atoms with Crippen LogP contribution in [-0.4, -0.2) is 29.7 Å². The topological polar surface area (TPSA) is 29.5 Å². The van der Waals surface area contributed by atoms with Gasteiger partial charge in [-0.25, -0.2) is 4.79 Å². The molecule has 0 spiro atoms. The number of amides is 1. The largest absolute Gasteiger partial charge is 0.438 e. The predicted octanol–water partition coefficient (Wildman–Crippen LogP) is 3.99. The highest BCUT2D eigenvalue weighted by Crippen LogP contribution is 2.63. The first-order chi connectivity index (χ1) is 10.2. The number of fused-ring (bicyclic) bond motifs is 5. The summed E-state index contributed by atoms with van der Waals surface area (Å²) in [6, 6.07) is 0. The van der Waals surface area contributed by atoms with Gasteiger partial charge in [-0.3, -0.25) is 0 Å². The van der Waals surface area contributed by atoms with Crippen LogP contribution >= 0.6 is 0 Å². The molecule has 0 aromatic heterocycles. The third kappa shape index (κ3) is 2.03. The van der Waals surface area contributed by atoms with Crippen molar-refractivity contribution in [2.75, 3.05) is 13.1 Å². The highest BCUT2D eigenvalue weighted by molar-refractivity contribution is 5.68. The third-order valence-electron chi connectivity index (χ3n) is 6.75. The highest BCUT2D eigenvalue weighted by Gasteiger charge is 2.61. The number of hydrogen-bond acceptors (Lipinski definition) is 2. The molecular formula is C18H27NO2.